The molecule has 0 spiro atoms. The van der Waals surface area contributed by atoms with Crippen molar-refractivity contribution in [1.29, 1.82) is 0 Å². The Morgan fingerprint density at radius 2 is 1.96 bits per heavy atom. The summed E-state index contributed by atoms with van der Waals surface area (Å²) in [6.07, 6.45) is 2.95. The topological polar surface area (TPSA) is 47.6 Å². The molecule has 2 N–H and O–H groups in total. The van der Waals surface area contributed by atoms with Crippen molar-refractivity contribution in [2.24, 2.45) is 0 Å². The SMILES string of the molecule is O=C(NCCCN1CCNCC1)C1CCCN1Cc1ccc(F)cc1. The van der Waals surface area contributed by atoms with Gasteiger partial charge in [-0.25, -0.2) is 4.39 Å². The second kappa shape index (κ2) is 9.27. The lowest BCUT2D eigenvalue weighted by Crippen LogP contribution is -2.45. The fourth-order valence-electron chi connectivity index (χ4n) is 3.70. The number of rotatable bonds is 7. The van der Waals surface area contributed by atoms with E-state index in [1.54, 1.807) is 12.1 Å². The first-order valence-electron chi connectivity index (χ1n) is 9.41. The maximum atomic E-state index is 13.0. The lowest BCUT2D eigenvalue weighted by Gasteiger charge is -2.27. The van der Waals surface area contributed by atoms with E-state index < -0.39 is 0 Å². The van der Waals surface area contributed by atoms with Crippen LogP contribution in [-0.2, 0) is 11.3 Å². The Bertz CT molecular complexity index is 545. The third-order valence-electron chi connectivity index (χ3n) is 5.13. The van der Waals surface area contributed by atoms with Gasteiger partial charge in [0, 0.05) is 39.3 Å². The number of halogens is 1. The van der Waals surface area contributed by atoms with Gasteiger partial charge in [-0.05, 0) is 50.0 Å². The Hall–Kier alpha value is -1.50. The molecular weight excluding hydrogens is 319 g/mol. The van der Waals surface area contributed by atoms with Gasteiger partial charge in [0.05, 0.1) is 6.04 Å². The molecule has 5 nitrogen and oxygen atoms in total. The zero-order valence-corrected chi connectivity index (χ0v) is 14.8. The van der Waals surface area contributed by atoms with Gasteiger partial charge in [-0.1, -0.05) is 12.1 Å². The molecule has 1 aromatic carbocycles. The van der Waals surface area contributed by atoms with Crippen LogP contribution in [0.4, 0.5) is 4.39 Å². The maximum Gasteiger partial charge on any atom is 0.237 e. The number of piperazine rings is 1. The number of carbonyl (C=O) groups is 1. The van der Waals surface area contributed by atoms with Gasteiger partial charge in [0.2, 0.25) is 5.91 Å². The normalized spacial score (nSPS) is 22.2. The second-order valence-corrected chi connectivity index (χ2v) is 6.99. The Kier molecular flexibility index (Phi) is 6.78. The first-order chi connectivity index (χ1) is 12.2. The van der Waals surface area contributed by atoms with E-state index in [0.29, 0.717) is 6.54 Å². The monoisotopic (exact) mass is 348 g/mol. The predicted molar refractivity (Wildman–Crippen MR) is 96.8 cm³/mol. The molecule has 0 bridgehead atoms. The molecule has 2 heterocycles. The van der Waals surface area contributed by atoms with Gasteiger partial charge in [-0.3, -0.25) is 9.69 Å². The van der Waals surface area contributed by atoms with E-state index in [0.717, 1.165) is 70.6 Å². The minimum absolute atomic E-state index is 0.0516. The first kappa shape index (κ1) is 18.3. The van der Waals surface area contributed by atoms with Crippen molar-refractivity contribution in [2.75, 3.05) is 45.8 Å². The van der Waals surface area contributed by atoms with Crippen molar-refractivity contribution in [3.05, 3.63) is 35.6 Å². The summed E-state index contributed by atoms with van der Waals surface area (Å²) in [5.41, 5.74) is 1.06. The average Bonchev–Trinajstić information content (AvgIpc) is 3.10. The van der Waals surface area contributed by atoms with Crippen molar-refractivity contribution >= 4 is 5.91 Å². The van der Waals surface area contributed by atoms with Gasteiger partial charge in [0.15, 0.2) is 0 Å². The van der Waals surface area contributed by atoms with E-state index in [4.69, 9.17) is 0 Å². The quantitative estimate of drug-likeness (QED) is 0.727. The summed E-state index contributed by atoms with van der Waals surface area (Å²) in [5, 5.41) is 6.46. The first-order valence-corrected chi connectivity index (χ1v) is 9.41. The largest absolute Gasteiger partial charge is 0.355 e. The van der Waals surface area contributed by atoms with E-state index in [1.165, 1.54) is 12.1 Å². The van der Waals surface area contributed by atoms with Crippen molar-refractivity contribution in [3.8, 4) is 0 Å². The summed E-state index contributed by atoms with van der Waals surface area (Å²) >= 11 is 0. The molecular formula is C19H29FN4O. The fourth-order valence-corrected chi connectivity index (χ4v) is 3.70. The van der Waals surface area contributed by atoms with Gasteiger partial charge >= 0.3 is 0 Å². The standard InChI is InChI=1S/C19H29FN4O/c20-17-6-4-16(5-7-17)15-24-12-1-3-18(24)19(25)22-8-2-11-23-13-9-21-10-14-23/h4-7,18,21H,1-3,8-15H2,(H,22,25). The predicted octanol–water partition coefficient (Wildman–Crippen LogP) is 1.20. The summed E-state index contributed by atoms with van der Waals surface area (Å²) in [6.45, 7) is 7.74. The highest BCUT2D eigenvalue weighted by Gasteiger charge is 2.30. The molecule has 25 heavy (non-hydrogen) atoms. The zero-order valence-electron chi connectivity index (χ0n) is 14.8. The van der Waals surface area contributed by atoms with Crippen LogP contribution in [0.5, 0.6) is 0 Å². The summed E-state index contributed by atoms with van der Waals surface area (Å²) in [4.78, 5) is 17.2. The molecule has 138 valence electrons. The summed E-state index contributed by atoms with van der Waals surface area (Å²) in [5.74, 6) is -0.0797. The van der Waals surface area contributed by atoms with Gasteiger partial charge in [-0.2, -0.15) is 0 Å². The van der Waals surface area contributed by atoms with Crippen molar-refractivity contribution in [3.63, 3.8) is 0 Å². The van der Waals surface area contributed by atoms with Crippen LogP contribution in [0.15, 0.2) is 24.3 Å². The van der Waals surface area contributed by atoms with Crippen LogP contribution in [-0.4, -0.2) is 67.6 Å². The number of carbonyl (C=O) groups excluding carboxylic acids is 1. The van der Waals surface area contributed by atoms with E-state index in [2.05, 4.69) is 20.4 Å². The molecule has 3 rings (SSSR count). The smallest absolute Gasteiger partial charge is 0.237 e. The molecule has 0 radical (unpaired) electrons. The third-order valence-corrected chi connectivity index (χ3v) is 5.13. The number of benzene rings is 1. The van der Waals surface area contributed by atoms with Crippen LogP contribution in [0, 0.1) is 5.82 Å². The second-order valence-electron chi connectivity index (χ2n) is 6.99. The number of nitrogens with zero attached hydrogens (tertiary/aromatic N) is 2. The number of amides is 1. The Morgan fingerprint density at radius 1 is 1.20 bits per heavy atom. The van der Waals surface area contributed by atoms with E-state index >= 15 is 0 Å². The highest BCUT2D eigenvalue weighted by Crippen LogP contribution is 2.20. The van der Waals surface area contributed by atoms with Gasteiger partial charge in [0.1, 0.15) is 5.82 Å². The zero-order chi connectivity index (χ0) is 17.5. The molecule has 0 aromatic heterocycles. The molecule has 1 amide bonds. The highest BCUT2D eigenvalue weighted by atomic mass is 19.1. The molecule has 2 saturated heterocycles. The Morgan fingerprint density at radius 3 is 2.72 bits per heavy atom. The van der Waals surface area contributed by atoms with Crippen LogP contribution >= 0.6 is 0 Å². The van der Waals surface area contributed by atoms with Crippen LogP contribution in [0.1, 0.15) is 24.8 Å². The van der Waals surface area contributed by atoms with Crippen molar-refractivity contribution in [1.82, 2.24) is 20.4 Å². The number of nitrogens with one attached hydrogen (secondary N) is 2. The molecule has 2 fully saturated rings. The molecule has 0 saturated carbocycles. The Labute approximate surface area is 149 Å². The van der Waals surface area contributed by atoms with E-state index in [1.807, 2.05) is 0 Å². The van der Waals surface area contributed by atoms with Gasteiger partial charge in [-0.15, -0.1) is 0 Å². The molecule has 0 aliphatic carbocycles. The summed E-state index contributed by atoms with van der Waals surface area (Å²) in [6, 6.07) is 6.52. The molecule has 1 atom stereocenters. The number of likely N-dealkylation sites (tertiary alicyclic amines) is 1. The fraction of sp³-hybridized carbons (Fsp3) is 0.632. The van der Waals surface area contributed by atoms with Crippen LogP contribution < -0.4 is 10.6 Å². The average molecular weight is 348 g/mol. The van der Waals surface area contributed by atoms with Gasteiger partial charge in [0.25, 0.3) is 0 Å². The molecule has 2 aliphatic rings. The van der Waals surface area contributed by atoms with Crippen molar-refractivity contribution < 1.29 is 9.18 Å². The highest BCUT2D eigenvalue weighted by molar-refractivity contribution is 5.82. The number of hydrogen-bond acceptors (Lipinski definition) is 4. The molecule has 1 aromatic rings. The lowest BCUT2D eigenvalue weighted by atomic mass is 10.1. The van der Waals surface area contributed by atoms with Crippen molar-refractivity contribution in [2.45, 2.75) is 31.8 Å². The maximum absolute atomic E-state index is 13.0. The Balaban J connectivity index is 1.40. The number of hydrogen-bond donors (Lipinski definition) is 2. The van der Waals surface area contributed by atoms with Crippen LogP contribution in [0.25, 0.3) is 0 Å². The summed E-state index contributed by atoms with van der Waals surface area (Å²) < 4.78 is 13.0. The summed E-state index contributed by atoms with van der Waals surface area (Å²) in [7, 11) is 0. The molecule has 6 heteroatoms. The van der Waals surface area contributed by atoms with E-state index in [9.17, 15) is 9.18 Å². The lowest BCUT2D eigenvalue weighted by molar-refractivity contribution is -0.125. The third kappa shape index (κ3) is 5.49. The minimum Gasteiger partial charge on any atom is -0.355 e. The molecule has 2 aliphatic heterocycles. The minimum atomic E-state index is -0.219. The van der Waals surface area contributed by atoms with E-state index in [-0.39, 0.29) is 17.8 Å². The molecule has 1 unspecified atom stereocenters. The van der Waals surface area contributed by atoms with Crippen LogP contribution in [0.2, 0.25) is 0 Å². The van der Waals surface area contributed by atoms with Gasteiger partial charge < -0.3 is 15.5 Å². The van der Waals surface area contributed by atoms with Crippen LogP contribution in [0.3, 0.4) is 0 Å².